The molecule has 1 aromatic heterocycles. The molecule has 122 valence electrons. The number of para-hydroxylation sites is 1. The van der Waals surface area contributed by atoms with Gasteiger partial charge in [-0.2, -0.15) is 0 Å². The Morgan fingerprint density at radius 1 is 1.39 bits per heavy atom. The average Bonchev–Trinajstić information content (AvgIpc) is 3.05. The molecule has 1 aromatic carbocycles. The zero-order valence-corrected chi connectivity index (χ0v) is 13.4. The maximum atomic E-state index is 12.5. The van der Waals surface area contributed by atoms with Gasteiger partial charge in [0.1, 0.15) is 0 Å². The topological polar surface area (TPSA) is 60.5 Å². The number of hydrogen-bond donors (Lipinski definition) is 1. The molecule has 0 unspecified atom stereocenters. The summed E-state index contributed by atoms with van der Waals surface area (Å²) in [4.78, 5) is 17.0. The maximum absolute atomic E-state index is 12.5. The molecule has 1 amide bonds. The lowest BCUT2D eigenvalue weighted by molar-refractivity contribution is -0.134. The molecule has 1 aliphatic heterocycles. The number of carbonyl (C=O) groups excluding carboxylic acids is 1. The normalized spacial score (nSPS) is 20.7. The Bertz CT molecular complexity index is 676. The standard InChI is InChI=1S/C18H22N2O3/c1-22-12-18(8-11-23-13-18)17(21)20-10-7-15-5-2-4-14-6-3-9-19-16(14)15/h2-6,9H,7-8,10-13H2,1H3,(H,20,21)/t18-/m1/s1. The number of pyridine rings is 1. The van der Waals surface area contributed by atoms with Gasteiger partial charge in [-0.15, -0.1) is 0 Å². The smallest absolute Gasteiger partial charge is 0.231 e. The Morgan fingerprint density at radius 3 is 3.04 bits per heavy atom. The first-order valence-electron chi connectivity index (χ1n) is 7.93. The number of carbonyl (C=O) groups is 1. The number of hydrogen-bond acceptors (Lipinski definition) is 4. The van der Waals surface area contributed by atoms with Crippen LogP contribution in [0, 0.1) is 5.41 Å². The molecular weight excluding hydrogens is 292 g/mol. The summed E-state index contributed by atoms with van der Waals surface area (Å²) in [6, 6.07) is 10.1. The molecule has 3 rings (SSSR count). The van der Waals surface area contributed by atoms with E-state index in [0.29, 0.717) is 32.8 Å². The highest BCUT2D eigenvalue weighted by atomic mass is 16.5. The Hall–Kier alpha value is -1.98. The van der Waals surface area contributed by atoms with Crippen molar-refractivity contribution in [3.63, 3.8) is 0 Å². The fourth-order valence-electron chi connectivity index (χ4n) is 3.11. The van der Waals surface area contributed by atoms with Crippen LogP contribution in [0.25, 0.3) is 10.9 Å². The van der Waals surface area contributed by atoms with Crippen molar-refractivity contribution >= 4 is 16.8 Å². The number of fused-ring (bicyclic) bond motifs is 1. The molecule has 2 heterocycles. The van der Waals surface area contributed by atoms with Gasteiger partial charge in [0.2, 0.25) is 5.91 Å². The Kier molecular flexibility index (Phi) is 4.88. The van der Waals surface area contributed by atoms with Gasteiger partial charge in [0.15, 0.2) is 0 Å². The van der Waals surface area contributed by atoms with Crippen molar-refractivity contribution in [3.05, 3.63) is 42.1 Å². The van der Waals surface area contributed by atoms with E-state index in [-0.39, 0.29) is 5.91 Å². The molecule has 1 N–H and O–H groups in total. The predicted octanol–water partition coefficient (Wildman–Crippen LogP) is 1.95. The third kappa shape index (κ3) is 3.35. The van der Waals surface area contributed by atoms with E-state index in [2.05, 4.69) is 16.4 Å². The van der Waals surface area contributed by atoms with Gasteiger partial charge in [-0.1, -0.05) is 24.3 Å². The molecule has 0 saturated carbocycles. The first-order chi connectivity index (χ1) is 11.2. The third-order valence-corrected chi connectivity index (χ3v) is 4.40. The summed E-state index contributed by atoms with van der Waals surface area (Å²) in [5.41, 5.74) is 1.61. The number of aromatic nitrogens is 1. The molecule has 2 aromatic rings. The largest absolute Gasteiger partial charge is 0.383 e. The van der Waals surface area contributed by atoms with Crippen LogP contribution in [0.1, 0.15) is 12.0 Å². The van der Waals surface area contributed by atoms with Crippen LogP contribution in [0.3, 0.4) is 0 Å². The number of nitrogens with one attached hydrogen (secondary N) is 1. The lowest BCUT2D eigenvalue weighted by Crippen LogP contribution is -2.45. The minimum atomic E-state index is -0.536. The van der Waals surface area contributed by atoms with E-state index in [1.807, 2.05) is 24.3 Å². The van der Waals surface area contributed by atoms with Crippen LogP contribution in [0.2, 0.25) is 0 Å². The van der Waals surface area contributed by atoms with Gasteiger partial charge in [0.25, 0.3) is 0 Å². The van der Waals surface area contributed by atoms with E-state index in [9.17, 15) is 4.79 Å². The summed E-state index contributed by atoms with van der Waals surface area (Å²) in [5, 5.41) is 4.16. The Labute approximate surface area is 136 Å². The predicted molar refractivity (Wildman–Crippen MR) is 88.2 cm³/mol. The Morgan fingerprint density at radius 2 is 2.26 bits per heavy atom. The van der Waals surface area contributed by atoms with Crippen molar-refractivity contribution in [2.24, 2.45) is 5.41 Å². The summed E-state index contributed by atoms with van der Waals surface area (Å²) < 4.78 is 10.6. The zero-order chi connectivity index (χ0) is 16.1. The number of nitrogens with zero attached hydrogens (tertiary/aromatic N) is 1. The summed E-state index contributed by atoms with van der Waals surface area (Å²) >= 11 is 0. The van der Waals surface area contributed by atoms with Crippen molar-refractivity contribution < 1.29 is 14.3 Å². The first kappa shape index (κ1) is 15.9. The lowest BCUT2D eigenvalue weighted by Gasteiger charge is -2.25. The van der Waals surface area contributed by atoms with E-state index in [0.717, 1.165) is 22.9 Å². The summed E-state index contributed by atoms with van der Waals surface area (Å²) in [7, 11) is 1.62. The van der Waals surface area contributed by atoms with Crippen LogP contribution >= 0.6 is 0 Å². The summed E-state index contributed by atoms with van der Waals surface area (Å²) in [5.74, 6) is 0.0186. The van der Waals surface area contributed by atoms with Crippen LogP contribution in [0.5, 0.6) is 0 Å². The van der Waals surface area contributed by atoms with Gasteiger partial charge in [-0.05, 0) is 24.5 Å². The second kappa shape index (κ2) is 7.06. The quantitative estimate of drug-likeness (QED) is 0.885. The van der Waals surface area contributed by atoms with Gasteiger partial charge < -0.3 is 14.8 Å². The van der Waals surface area contributed by atoms with Crippen molar-refractivity contribution in [2.45, 2.75) is 12.8 Å². The van der Waals surface area contributed by atoms with E-state index in [1.165, 1.54) is 0 Å². The number of amides is 1. The van der Waals surface area contributed by atoms with Gasteiger partial charge in [0.05, 0.1) is 24.1 Å². The van der Waals surface area contributed by atoms with Crippen molar-refractivity contribution in [1.82, 2.24) is 10.3 Å². The molecule has 0 spiro atoms. The van der Waals surface area contributed by atoms with Gasteiger partial charge >= 0.3 is 0 Å². The molecule has 1 atom stereocenters. The number of rotatable bonds is 6. The molecule has 1 aliphatic rings. The SMILES string of the molecule is COC[C@]1(C(=O)NCCc2cccc3cccnc23)CCOC1. The number of methoxy groups -OCH3 is 1. The Balaban J connectivity index is 1.63. The van der Waals surface area contributed by atoms with Crippen LogP contribution in [0.4, 0.5) is 0 Å². The number of ether oxygens (including phenoxy) is 2. The molecule has 0 aliphatic carbocycles. The molecule has 0 bridgehead atoms. The van der Waals surface area contributed by atoms with Crippen LogP contribution in [-0.4, -0.2) is 44.4 Å². The van der Waals surface area contributed by atoms with Crippen molar-refractivity contribution in [2.75, 3.05) is 33.5 Å². The lowest BCUT2D eigenvalue weighted by atomic mass is 9.87. The van der Waals surface area contributed by atoms with Gasteiger partial charge in [-0.25, -0.2) is 0 Å². The zero-order valence-electron chi connectivity index (χ0n) is 13.4. The third-order valence-electron chi connectivity index (χ3n) is 4.40. The molecule has 1 fully saturated rings. The average molecular weight is 314 g/mol. The van der Waals surface area contributed by atoms with E-state index in [4.69, 9.17) is 9.47 Å². The minimum Gasteiger partial charge on any atom is -0.383 e. The van der Waals surface area contributed by atoms with Gasteiger partial charge in [-0.3, -0.25) is 9.78 Å². The molecule has 0 radical (unpaired) electrons. The second-order valence-electron chi connectivity index (χ2n) is 6.01. The first-order valence-corrected chi connectivity index (χ1v) is 7.93. The molecule has 5 heteroatoms. The number of benzene rings is 1. The fourth-order valence-corrected chi connectivity index (χ4v) is 3.11. The van der Waals surface area contributed by atoms with E-state index < -0.39 is 5.41 Å². The van der Waals surface area contributed by atoms with Crippen LogP contribution < -0.4 is 5.32 Å². The molecule has 23 heavy (non-hydrogen) atoms. The second-order valence-corrected chi connectivity index (χ2v) is 6.01. The molecule has 5 nitrogen and oxygen atoms in total. The molecular formula is C18H22N2O3. The summed E-state index contributed by atoms with van der Waals surface area (Å²) in [6.45, 7) is 2.03. The molecule has 1 saturated heterocycles. The van der Waals surface area contributed by atoms with E-state index in [1.54, 1.807) is 13.3 Å². The van der Waals surface area contributed by atoms with Crippen LogP contribution in [0.15, 0.2) is 36.5 Å². The monoisotopic (exact) mass is 314 g/mol. The maximum Gasteiger partial charge on any atom is 0.231 e. The van der Waals surface area contributed by atoms with Crippen LogP contribution in [-0.2, 0) is 20.7 Å². The highest BCUT2D eigenvalue weighted by Gasteiger charge is 2.42. The highest BCUT2D eigenvalue weighted by Crippen LogP contribution is 2.29. The van der Waals surface area contributed by atoms with Crippen molar-refractivity contribution in [3.8, 4) is 0 Å². The minimum absolute atomic E-state index is 0.0186. The highest BCUT2D eigenvalue weighted by molar-refractivity contribution is 5.84. The fraction of sp³-hybridized carbons (Fsp3) is 0.444. The van der Waals surface area contributed by atoms with E-state index >= 15 is 0 Å². The summed E-state index contributed by atoms with van der Waals surface area (Å²) in [6.07, 6.45) is 3.26. The van der Waals surface area contributed by atoms with Gasteiger partial charge in [0, 0.05) is 31.8 Å². The van der Waals surface area contributed by atoms with Crippen molar-refractivity contribution in [1.29, 1.82) is 0 Å².